The molecule has 1 fully saturated rings. The van der Waals surface area contributed by atoms with E-state index < -0.39 is 33.9 Å². The van der Waals surface area contributed by atoms with Gasteiger partial charge in [0.25, 0.3) is 10.0 Å². The number of hydrogen-bond acceptors (Lipinski definition) is 4. The van der Waals surface area contributed by atoms with Crippen molar-refractivity contribution in [1.82, 2.24) is 8.87 Å². The first-order valence-electron chi connectivity index (χ1n) is 10.3. The molecule has 0 bridgehead atoms. The minimum atomic E-state index is -5.08. The molecule has 0 aliphatic carbocycles. The fraction of sp³-hybridized carbons (Fsp3) is 0.318. The van der Waals surface area contributed by atoms with Crippen molar-refractivity contribution in [3.05, 3.63) is 65.9 Å². The number of rotatable bonds is 4. The second kappa shape index (κ2) is 9.90. The van der Waals surface area contributed by atoms with Crippen LogP contribution in [0.4, 0.5) is 26.3 Å². The number of nitrogens with zero attached hydrogens (tertiary/aromatic N) is 2. The Bertz CT molecular complexity index is 1310. The Labute approximate surface area is 196 Å². The molecule has 35 heavy (non-hydrogen) atoms. The molecular formula is C22H20F6N2O4S. The predicted molar refractivity (Wildman–Crippen MR) is 114 cm³/mol. The van der Waals surface area contributed by atoms with E-state index in [1.165, 1.54) is 12.3 Å². The molecule has 190 valence electrons. The zero-order valence-electron chi connectivity index (χ0n) is 18.0. The Morgan fingerprint density at radius 1 is 0.943 bits per heavy atom. The van der Waals surface area contributed by atoms with E-state index in [0.717, 1.165) is 59.5 Å². The molecular weight excluding hydrogens is 502 g/mol. The maximum Gasteiger partial charge on any atom is 0.490 e. The van der Waals surface area contributed by atoms with Crippen LogP contribution in [0, 0.1) is 0 Å². The van der Waals surface area contributed by atoms with Crippen LogP contribution in [0.2, 0.25) is 0 Å². The van der Waals surface area contributed by atoms with E-state index >= 15 is 0 Å². The highest BCUT2D eigenvalue weighted by molar-refractivity contribution is 7.90. The lowest BCUT2D eigenvalue weighted by Crippen LogP contribution is -2.21. The largest absolute Gasteiger partial charge is 0.490 e. The molecule has 0 saturated carbocycles. The third kappa shape index (κ3) is 6.14. The highest BCUT2D eigenvalue weighted by atomic mass is 32.2. The van der Waals surface area contributed by atoms with E-state index in [1.807, 2.05) is 6.07 Å². The minimum Gasteiger partial charge on any atom is -0.475 e. The van der Waals surface area contributed by atoms with Crippen LogP contribution in [0.15, 0.2) is 59.6 Å². The quantitative estimate of drug-likeness (QED) is 0.481. The Morgan fingerprint density at radius 3 is 2.11 bits per heavy atom. The molecule has 0 amide bonds. The van der Waals surface area contributed by atoms with Crippen LogP contribution >= 0.6 is 0 Å². The van der Waals surface area contributed by atoms with Gasteiger partial charge in [-0.3, -0.25) is 4.90 Å². The zero-order chi connectivity index (χ0) is 26.0. The molecule has 4 rings (SSSR count). The number of aliphatic carboxylic acids is 1. The molecule has 1 N–H and O–H groups in total. The molecule has 2 aromatic carbocycles. The number of fused-ring (bicyclic) bond motifs is 1. The summed E-state index contributed by atoms with van der Waals surface area (Å²) in [5, 5.41) is 7.92. The summed E-state index contributed by atoms with van der Waals surface area (Å²) < 4.78 is 97.8. The molecule has 0 atom stereocenters. The van der Waals surface area contributed by atoms with Crippen molar-refractivity contribution < 1.29 is 44.7 Å². The van der Waals surface area contributed by atoms with Crippen LogP contribution in [-0.2, 0) is 27.5 Å². The van der Waals surface area contributed by atoms with Gasteiger partial charge in [0, 0.05) is 18.1 Å². The molecule has 0 unspecified atom stereocenters. The van der Waals surface area contributed by atoms with E-state index in [2.05, 4.69) is 4.90 Å². The first kappa shape index (κ1) is 26.5. The van der Waals surface area contributed by atoms with Gasteiger partial charge in [0.15, 0.2) is 0 Å². The topological polar surface area (TPSA) is 79.6 Å². The van der Waals surface area contributed by atoms with Crippen molar-refractivity contribution in [2.24, 2.45) is 0 Å². The second-order valence-electron chi connectivity index (χ2n) is 7.78. The smallest absolute Gasteiger partial charge is 0.475 e. The van der Waals surface area contributed by atoms with E-state index in [1.54, 1.807) is 18.2 Å². The monoisotopic (exact) mass is 522 g/mol. The molecule has 3 aromatic rings. The first-order valence-corrected chi connectivity index (χ1v) is 11.7. The lowest BCUT2D eigenvalue weighted by Gasteiger charge is -2.15. The van der Waals surface area contributed by atoms with E-state index in [9.17, 15) is 34.8 Å². The number of carboxylic acid groups (broad SMARTS) is 1. The number of carbonyl (C=O) groups is 1. The van der Waals surface area contributed by atoms with Gasteiger partial charge in [0.2, 0.25) is 0 Å². The van der Waals surface area contributed by atoms with Gasteiger partial charge in [0.05, 0.1) is 16.0 Å². The Hall–Kier alpha value is -3.06. The van der Waals surface area contributed by atoms with Gasteiger partial charge in [0.1, 0.15) is 0 Å². The van der Waals surface area contributed by atoms with Gasteiger partial charge in [-0.2, -0.15) is 26.3 Å². The van der Waals surface area contributed by atoms with Crippen LogP contribution in [0.5, 0.6) is 0 Å². The average molecular weight is 522 g/mol. The Balaban J connectivity index is 0.000000429. The summed E-state index contributed by atoms with van der Waals surface area (Å²) in [6, 6.07) is 11.0. The Morgan fingerprint density at radius 2 is 1.54 bits per heavy atom. The third-order valence-electron chi connectivity index (χ3n) is 5.34. The Kier molecular flexibility index (Phi) is 7.50. The number of likely N-dealkylation sites (tertiary alicyclic amines) is 1. The normalized spacial score (nSPS) is 15.1. The van der Waals surface area contributed by atoms with E-state index in [-0.39, 0.29) is 4.90 Å². The standard InChI is InChI=1S/C20H19F3N2O2S.C2HF3O2/c21-20(22,23)16-6-4-7-17(13-16)28(26,27)25-12-9-18-15(5-3-8-19(18)25)14-24-10-1-2-11-24;3-2(4,5)1(6)7/h3-9,12-13H,1-2,10-11,14H2;(H,6,7). The number of benzene rings is 2. The fourth-order valence-electron chi connectivity index (χ4n) is 3.68. The first-order chi connectivity index (χ1) is 16.2. The zero-order valence-corrected chi connectivity index (χ0v) is 18.8. The molecule has 1 aliphatic rings. The van der Waals surface area contributed by atoms with Gasteiger partial charge < -0.3 is 5.11 Å². The highest BCUT2D eigenvalue weighted by Crippen LogP contribution is 2.32. The van der Waals surface area contributed by atoms with Crippen molar-refractivity contribution in [3.8, 4) is 0 Å². The summed E-state index contributed by atoms with van der Waals surface area (Å²) in [7, 11) is -4.15. The summed E-state index contributed by atoms with van der Waals surface area (Å²) in [4.78, 5) is 10.8. The maximum atomic E-state index is 13.0. The highest BCUT2D eigenvalue weighted by Gasteiger charge is 2.38. The van der Waals surface area contributed by atoms with Gasteiger partial charge >= 0.3 is 18.3 Å². The maximum absolute atomic E-state index is 13.0. The fourth-order valence-corrected chi connectivity index (χ4v) is 5.07. The summed E-state index contributed by atoms with van der Waals surface area (Å²) in [6.45, 7) is 2.75. The summed E-state index contributed by atoms with van der Waals surface area (Å²) in [5.41, 5.74) is 0.492. The molecule has 6 nitrogen and oxygen atoms in total. The van der Waals surface area contributed by atoms with E-state index in [0.29, 0.717) is 11.6 Å². The van der Waals surface area contributed by atoms with E-state index in [4.69, 9.17) is 9.90 Å². The van der Waals surface area contributed by atoms with Crippen molar-refractivity contribution in [2.75, 3.05) is 13.1 Å². The number of aromatic nitrogens is 1. The molecule has 13 heteroatoms. The lowest BCUT2D eigenvalue weighted by atomic mass is 10.1. The van der Waals surface area contributed by atoms with Gasteiger partial charge in [-0.05, 0) is 61.8 Å². The van der Waals surface area contributed by atoms with Crippen LogP contribution in [-0.4, -0.2) is 47.6 Å². The van der Waals surface area contributed by atoms with Crippen molar-refractivity contribution >= 4 is 26.9 Å². The molecule has 0 spiro atoms. The third-order valence-corrected chi connectivity index (χ3v) is 7.03. The van der Waals surface area contributed by atoms with Crippen molar-refractivity contribution in [1.29, 1.82) is 0 Å². The van der Waals surface area contributed by atoms with Gasteiger partial charge in [-0.25, -0.2) is 17.2 Å². The number of carboxylic acids is 1. The van der Waals surface area contributed by atoms with Gasteiger partial charge in [-0.1, -0.05) is 18.2 Å². The summed E-state index contributed by atoms with van der Waals surface area (Å²) >= 11 is 0. The minimum absolute atomic E-state index is 0.384. The lowest BCUT2D eigenvalue weighted by molar-refractivity contribution is -0.192. The van der Waals surface area contributed by atoms with Crippen molar-refractivity contribution in [3.63, 3.8) is 0 Å². The summed E-state index contributed by atoms with van der Waals surface area (Å²) in [5.74, 6) is -2.76. The molecule has 0 radical (unpaired) electrons. The van der Waals surface area contributed by atoms with Crippen molar-refractivity contribution in [2.45, 2.75) is 36.6 Å². The molecule has 1 saturated heterocycles. The summed E-state index contributed by atoms with van der Waals surface area (Å²) in [6.07, 6.45) is -5.97. The molecule has 1 aromatic heterocycles. The second-order valence-corrected chi connectivity index (χ2v) is 9.59. The predicted octanol–water partition coefficient (Wildman–Crippen LogP) is 5.13. The van der Waals surface area contributed by atoms with Crippen LogP contribution < -0.4 is 0 Å². The van der Waals surface area contributed by atoms with Crippen LogP contribution in [0.3, 0.4) is 0 Å². The van der Waals surface area contributed by atoms with Crippen LogP contribution in [0.1, 0.15) is 24.0 Å². The molecule has 2 heterocycles. The molecule has 1 aliphatic heterocycles. The number of hydrogen-bond donors (Lipinski definition) is 1. The number of halogens is 6. The number of alkyl halides is 6. The average Bonchev–Trinajstić information content (AvgIpc) is 3.43. The van der Waals surface area contributed by atoms with Gasteiger partial charge in [-0.15, -0.1) is 0 Å². The van der Waals surface area contributed by atoms with Crippen LogP contribution in [0.25, 0.3) is 10.9 Å². The SMILES string of the molecule is O=C(O)C(F)(F)F.O=S(=O)(c1cccc(C(F)(F)F)c1)n1ccc2c(CN3CCCC3)cccc21.